The van der Waals surface area contributed by atoms with E-state index in [9.17, 15) is 4.79 Å². The molecule has 0 radical (unpaired) electrons. The van der Waals surface area contributed by atoms with E-state index in [-0.39, 0.29) is 11.7 Å². The fourth-order valence-corrected chi connectivity index (χ4v) is 6.19. The van der Waals surface area contributed by atoms with Crippen LogP contribution in [-0.2, 0) is 4.79 Å². The highest BCUT2D eigenvalue weighted by Crippen LogP contribution is 2.35. The lowest BCUT2D eigenvalue weighted by Crippen LogP contribution is -2.15. The van der Waals surface area contributed by atoms with Crippen molar-refractivity contribution in [1.29, 1.82) is 0 Å². The summed E-state index contributed by atoms with van der Waals surface area (Å²) in [6, 6.07) is 17.3. The first-order valence-corrected chi connectivity index (χ1v) is 14.5. The van der Waals surface area contributed by atoms with Crippen LogP contribution < -0.4 is 14.8 Å². The Morgan fingerprint density at radius 3 is 2.53 bits per heavy atom. The van der Waals surface area contributed by atoms with Crippen molar-refractivity contribution in [2.45, 2.75) is 56.2 Å². The minimum absolute atomic E-state index is 0.158. The number of carbonyl (C=O) groups is 1. The summed E-state index contributed by atoms with van der Waals surface area (Å²) >= 11 is 2.79. The lowest BCUT2D eigenvalue weighted by Gasteiger charge is -2.18. The smallest absolute Gasteiger partial charge is 0.236 e. The average molecular weight is 551 g/mol. The molecule has 9 nitrogen and oxygen atoms in total. The zero-order chi connectivity index (χ0) is 26.3. The van der Waals surface area contributed by atoms with E-state index in [1.54, 1.807) is 7.11 Å². The Labute approximate surface area is 230 Å². The Balaban J connectivity index is 1.29. The lowest BCUT2D eigenvalue weighted by atomic mass is 9.90. The molecule has 1 amide bonds. The van der Waals surface area contributed by atoms with Gasteiger partial charge in [0.05, 0.1) is 12.9 Å². The van der Waals surface area contributed by atoms with E-state index >= 15 is 0 Å². The molecular formula is C27H30N6O3S2. The van der Waals surface area contributed by atoms with Crippen molar-refractivity contribution < 1.29 is 14.3 Å². The predicted molar refractivity (Wildman–Crippen MR) is 148 cm³/mol. The minimum Gasteiger partial charge on any atom is -0.493 e. The van der Waals surface area contributed by atoms with Crippen molar-refractivity contribution >= 4 is 34.1 Å². The summed E-state index contributed by atoms with van der Waals surface area (Å²) in [5.74, 6) is 2.33. The van der Waals surface area contributed by atoms with E-state index in [1.807, 2.05) is 66.1 Å². The highest BCUT2D eigenvalue weighted by Gasteiger charge is 2.23. The molecule has 0 saturated heterocycles. The van der Waals surface area contributed by atoms with Gasteiger partial charge < -0.3 is 9.47 Å². The minimum atomic E-state index is -0.429. The largest absolute Gasteiger partial charge is 0.493 e. The van der Waals surface area contributed by atoms with Crippen LogP contribution in [0.3, 0.4) is 0 Å². The Kier molecular flexibility index (Phi) is 8.54. The second kappa shape index (κ2) is 12.4. The highest BCUT2D eigenvalue weighted by atomic mass is 32.2. The van der Waals surface area contributed by atoms with Gasteiger partial charge in [-0.2, -0.15) is 0 Å². The van der Waals surface area contributed by atoms with Gasteiger partial charge in [-0.15, -0.1) is 20.4 Å². The number of ether oxygens (including phenoxy) is 2. The standard InChI is InChI=1S/C27H30N6O3S2/c1-18(36-22-16-10-9-15-21(22)35-2)24-29-32-27(33(24)20-13-7-4-8-14-20)37-17-23(34)28-26-31-30-25(38-26)19-11-5-3-6-12-19/h4,7-10,13-16,18-19H,3,5-6,11-12,17H2,1-2H3,(H,28,31,34). The lowest BCUT2D eigenvalue weighted by molar-refractivity contribution is -0.113. The summed E-state index contributed by atoms with van der Waals surface area (Å²) in [6.07, 6.45) is 5.62. The van der Waals surface area contributed by atoms with Crippen molar-refractivity contribution in [3.63, 3.8) is 0 Å². The van der Waals surface area contributed by atoms with Crippen LogP contribution in [0.5, 0.6) is 11.5 Å². The third-order valence-corrected chi connectivity index (χ3v) is 8.31. The summed E-state index contributed by atoms with van der Waals surface area (Å²) in [7, 11) is 1.61. The molecule has 1 N–H and O–H groups in total. The number of hydrogen-bond donors (Lipinski definition) is 1. The number of nitrogens with zero attached hydrogens (tertiary/aromatic N) is 5. The van der Waals surface area contributed by atoms with Crippen molar-refractivity contribution in [2.24, 2.45) is 0 Å². The first-order valence-electron chi connectivity index (χ1n) is 12.7. The molecule has 38 heavy (non-hydrogen) atoms. The normalized spacial score (nSPS) is 14.7. The molecule has 198 valence electrons. The number of carbonyl (C=O) groups excluding carboxylic acids is 1. The maximum Gasteiger partial charge on any atom is 0.236 e. The van der Waals surface area contributed by atoms with Crippen LogP contribution in [0.4, 0.5) is 5.13 Å². The van der Waals surface area contributed by atoms with Gasteiger partial charge in [-0.25, -0.2) is 0 Å². The average Bonchev–Trinajstić information content (AvgIpc) is 3.60. The summed E-state index contributed by atoms with van der Waals surface area (Å²) in [6.45, 7) is 1.91. The van der Waals surface area contributed by atoms with Crippen LogP contribution in [-0.4, -0.2) is 43.7 Å². The summed E-state index contributed by atoms with van der Waals surface area (Å²) in [5, 5.41) is 22.4. The van der Waals surface area contributed by atoms with Crippen LogP contribution in [0.15, 0.2) is 59.8 Å². The van der Waals surface area contributed by atoms with Crippen LogP contribution in [0, 0.1) is 0 Å². The number of nitrogens with one attached hydrogen (secondary N) is 1. The van der Waals surface area contributed by atoms with E-state index in [4.69, 9.17) is 9.47 Å². The van der Waals surface area contributed by atoms with Crippen LogP contribution in [0.2, 0.25) is 0 Å². The zero-order valence-corrected chi connectivity index (χ0v) is 23.0. The van der Waals surface area contributed by atoms with E-state index in [0.717, 1.165) is 23.5 Å². The topological polar surface area (TPSA) is 104 Å². The van der Waals surface area contributed by atoms with Gasteiger partial charge in [0, 0.05) is 11.6 Å². The van der Waals surface area contributed by atoms with Gasteiger partial charge in [-0.1, -0.05) is 72.7 Å². The molecule has 4 aromatic rings. The molecule has 0 spiro atoms. The number of benzene rings is 2. The maximum atomic E-state index is 12.8. The molecule has 2 aromatic heterocycles. The Morgan fingerprint density at radius 2 is 1.76 bits per heavy atom. The van der Waals surface area contributed by atoms with E-state index in [2.05, 4.69) is 25.7 Å². The molecule has 0 aliphatic heterocycles. The summed E-state index contributed by atoms with van der Waals surface area (Å²) in [5.41, 5.74) is 0.882. The predicted octanol–water partition coefficient (Wildman–Crippen LogP) is 6.05. The van der Waals surface area contributed by atoms with E-state index < -0.39 is 6.10 Å². The number of amides is 1. The Hall–Kier alpha value is -3.44. The van der Waals surface area contributed by atoms with Crippen LogP contribution >= 0.6 is 23.1 Å². The molecule has 1 saturated carbocycles. The molecule has 2 aromatic carbocycles. The van der Waals surface area contributed by atoms with Gasteiger partial charge in [-0.05, 0) is 44.0 Å². The van der Waals surface area contributed by atoms with E-state index in [1.165, 1.54) is 42.4 Å². The maximum absolute atomic E-state index is 12.8. The third-order valence-electron chi connectivity index (χ3n) is 6.38. The molecule has 1 fully saturated rings. The molecule has 2 heterocycles. The van der Waals surface area contributed by atoms with Gasteiger partial charge >= 0.3 is 0 Å². The van der Waals surface area contributed by atoms with Crippen molar-refractivity contribution in [1.82, 2.24) is 25.0 Å². The van der Waals surface area contributed by atoms with Gasteiger partial charge in [0.15, 0.2) is 28.6 Å². The van der Waals surface area contributed by atoms with Crippen molar-refractivity contribution in [3.8, 4) is 17.2 Å². The highest BCUT2D eigenvalue weighted by molar-refractivity contribution is 7.99. The van der Waals surface area contributed by atoms with Crippen LogP contribution in [0.1, 0.15) is 61.9 Å². The van der Waals surface area contributed by atoms with Crippen LogP contribution in [0.25, 0.3) is 5.69 Å². The zero-order valence-electron chi connectivity index (χ0n) is 21.4. The van der Waals surface area contributed by atoms with E-state index in [0.29, 0.717) is 33.5 Å². The van der Waals surface area contributed by atoms with Gasteiger partial charge in [0.2, 0.25) is 11.0 Å². The SMILES string of the molecule is COc1ccccc1OC(C)c1nnc(SCC(=O)Nc2nnc(C3CCCCC3)s2)n1-c1ccccc1. The van der Waals surface area contributed by atoms with Crippen molar-refractivity contribution in [3.05, 3.63) is 65.4 Å². The Morgan fingerprint density at radius 1 is 1.03 bits per heavy atom. The van der Waals surface area contributed by atoms with Gasteiger partial charge in [-0.3, -0.25) is 14.7 Å². The second-order valence-electron chi connectivity index (χ2n) is 9.04. The number of methoxy groups -OCH3 is 1. The molecule has 1 aliphatic rings. The summed E-state index contributed by atoms with van der Waals surface area (Å²) < 4.78 is 13.6. The Bertz CT molecular complexity index is 1350. The third kappa shape index (κ3) is 6.16. The number of aromatic nitrogens is 5. The molecular weight excluding hydrogens is 520 g/mol. The quantitative estimate of drug-likeness (QED) is 0.238. The fourth-order valence-electron chi connectivity index (χ4n) is 4.50. The number of hydrogen-bond acceptors (Lipinski definition) is 9. The number of rotatable bonds is 10. The molecule has 1 atom stereocenters. The molecule has 1 aliphatic carbocycles. The number of thioether (sulfide) groups is 1. The number of para-hydroxylation sites is 3. The molecule has 0 bridgehead atoms. The molecule has 1 unspecified atom stereocenters. The summed E-state index contributed by atoms with van der Waals surface area (Å²) in [4.78, 5) is 12.8. The van der Waals surface area contributed by atoms with Crippen molar-refractivity contribution in [2.75, 3.05) is 18.2 Å². The van der Waals surface area contributed by atoms with Gasteiger partial charge in [0.1, 0.15) is 5.01 Å². The fraction of sp³-hybridized carbons (Fsp3) is 0.370. The first kappa shape index (κ1) is 26.2. The second-order valence-corrected chi connectivity index (χ2v) is 11.0. The molecule has 11 heteroatoms. The first-order chi connectivity index (χ1) is 18.6. The monoisotopic (exact) mass is 550 g/mol. The van der Waals surface area contributed by atoms with Gasteiger partial charge in [0.25, 0.3) is 0 Å². The molecule has 5 rings (SSSR count). The number of anilines is 1.